The number of allylic oxidation sites excluding steroid dienone is 1. The van der Waals surface area contributed by atoms with E-state index in [-0.39, 0.29) is 0 Å². The van der Waals surface area contributed by atoms with Gasteiger partial charge in [0.2, 0.25) is 0 Å². The van der Waals surface area contributed by atoms with Crippen LogP contribution in [-0.2, 0) is 0 Å². The lowest BCUT2D eigenvalue weighted by Gasteiger charge is -2.20. The van der Waals surface area contributed by atoms with E-state index in [2.05, 4.69) is 17.5 Å². The van der Waals surface area contributed by atoms with Crippen molar-refractivity contribution < 1.29 is 0 Å². The molecule has 0 atom stereocenters. The van der Waals surface area contributed by atoms with Crippen LogP contribution in [0.1, 0.15) is 44.9 Å². The maximum Gasteiger partial charge on any atom is 0.0635 e. The average Bonchev–Trinajstić information content (AvgIpc) is 3.06. The van der Waals surface area contributed by atoms with Crippen molar-refractivity contribution in [1.82, 2.24) is 4.90 Å². The summed E-state index contributed by atoms with van der Waals surface area (Å²) in [5, 5.41) is 8.57. The molecule has 0 aromatic carbocycles. The Morgan fingerprint density at radius 1 is 1.27 bits per heavy atom. The SMILES string of the molecule is C=CCCCCCN(CCC#N)C1CC1. The number of nitriles is 1. The average molecular weight is 206 g/mol. The smallest absolute Gasteiger partial charge is 0.0635 e. The lowest BCUT2D eigenvalue weighted by atomic mass is 10.2. The Labute approximate surface area is 93.6 Å². The fraction of sp³-hybridized carbons (Fsp3) is 0.769. The van der Waals surface area contributed by atoms with Crippen molar-refractivity contribution in [2.75, 3.05) is 13.1 Å². The molecule has 1 aliphatic carbocycles. The minimum Gasteiger partial charge on any atom is -0.299 e. The van der Waals surface area contributed by atoms with Gasteiger partial charge in [-0.25, -0.2) is 0 Å². The molecule has 1 saturated carbocycles. The van der Waals surface area contributed by atoms with Crippen LogP contribution in [0, 0.1) is 11.3 Å². The van der Waals surface area contributed by atoms with E-state index in [1.807, 2.05) is 6.08 Å². The summed E-state index contributed by atoms with van der Waals surface area (Å²) in [6.07, 6.45) is 10.3. The quantitative estimate of drug-likeness (QED) is 0.428. The molecule has 0 bridgehead atoms. The second-order valence-corrected chi connectivity index (χ2v) is 4.31. The first kappa shape index (κ1) is 12.3. The number of unbranched alkanes of at least 4 members (excludes halogenated alkanes) is 3. The van der Waals surface area contributed by atoms with Gasteiger partial charge in [-0.1, -0.05) is 12.5 Å². The molecule has 1 rings (SSSR count). The molecule has 1 fully saturated rings. The second kappa shape index (κ2) is 7.48. The van der Waals surface area contributed by atoms with Crippen molar-refractivity contribution in [2.45, 2.75) is 51.0 Å². The van der Waals surface area contributed by atoms with E-state index >= 15 is 0 Å². The Morgan fingerprint density at radius 3 is 2.67 bits per heavy atom. The van der Waals surface area contributed by atoms with Gasteiger partial charge >= 0.3 is 0 Å². The van der Waals surface area contributed by atoms with Crippen molar-refractivity contribution >= 4 is 0 Å². The molecule has 0 saturated heterocycles. The van der Waals surface area contributed by atoms with Gasteiger partial charge < -0.3 is 0 Å². The highest BCUT2D eigenvalue weighted by atomic mass is 15.2. The molecule has 0 aromatic heterocycles. The van der Waals surface area contributed by atoms with E-state index < -0.39 is 0 Å². The van der Waals surface area contributed by atoms with Crippen LogP contribution in [0.2, 0.25) is 0 Å². The van der Waals surface area contributed by atoms with Gasteiger partial charge in [0, 0.05) is 19.0 Å². The fourth-order valence-corrected chi connectivity index (χ4v) is 1.89. The standard InChI is InChI=1S/C13H22N2/c1-2-3-4-5-6-11-15(12-7-10-14)13-8-9-13/h2,13H,1,3-9,11-12H2. The Balaban J connectivity index is 2.04. The predicted molar refractivity (Wildman–Crippen MR) is 63.5 cm³/mol. The second-order valence-electron chi connectivity index (χ2n) is 4.31. The molecule has 0 aliphatic heterocycles. The normalized spacial score (nSPS) is 15.2. The molecule has 15 heavy (non-hydrogen) atoms. The highest BCUT2D eigenvalue weighted by molar-refractivity contribution is 4.86. The van der Waals surface area contributed by atoms with Crippen LogP contribution < -0.4 is 0 Å². The van der Waals surface area contributed by atoms with Crippen molar-refractivity contribution in [3.8, 4) is 6.07 Å². The van der Waals surface area contributed by atoms with Crippen LogP contribution >= 0.6 is 0 Å². The number of hydrogen-bond donors (Lipinski definition) is 0. The summed E-state index contributed by atoms with van der Waals surface area (Å²) < 4.78 is 0. The van der Waals surface area contributed by atoms with Gasteiger partial charge in [0.1, 0.15) is 0 Å². The molecule has 2 heteroatoms. The first-order valence-corrected chi connectivity index (χ1v) is 6.10. The van der Waals surface area contributed by atoms with E-state index in [4.69, 9.17) is 5.26 Å². The Morgan fingerprint density at radius 2 is 2.07 bits per heavy atom. The van der Waals surface area contributed by atoms with Crippen LogP contribution in [0.15, 0.2) is 12.7 Å². The summed E-state index contributed by atoms with van der Waals surface area (Å²) in [7, 11) is 0. The zero-order valence-corrected chi connectivity index (χ0v) is 9.62. The van der Waals surface area contributed by atoms with Crippen LogP contribution in [0.4, 0.5) is 0 Å². The third-order valence-electron chi connectivity index (χ3n) is 2.93. The summed E-state index contributed by atoms with van der Waals surface area (Å²) >= 11 is 0. The minimum atomic E-state index is 0.684. The Hall–Kier alpha value is -0.810. The van der Waals surface area contributed by atoms with Gasteiger partial charge in [-0.15, -0.1) is 6.58 Å². The van der Waals surface area contributed by atoms with Gasteiger partial charge in [-0.3, -0.25) is 4.90 Å². The summed E-state index contributed by atoms with van der Waals surface area (Å²) in [6, 6.07) is 3.04. The largest absolute Gasteiger partial charge is 0.299 e. The highest BCUT2D eigenvalue weighted by Gasteiger charge is 2.27. The lowest BCUT2D eigenvalue weighted by molar-refractivity contribution is 0.263. The third-order valence-corrected chi connectivity index (χ3v) is 2.93. The topological polar surface area (TPSA) is 27.0 Å². The van der Waals surface area contributed by atoms with E-state index in [0.29, 0.717) is 6.42 Å². The maximum atomic E-state index is 8.57. The molecule has 0 N–H and O–H groups in total. The van der Waals surface area contributed by atoms with Gasteiger partial charge in [0.05, 0.1) is 6.07 Å². The third kappa shape index (κ3) is 5.59. The molecule has 84 valence electrons. The number of rotatable bonds is 9. The van der Waals surface area contributed by atoms with Crippen LogP contribution in [0.5, 0.6) is 0 Å². The van der Waals surface area contributed by atoms with Gasteiger partial charge in [0.15, 0.2) is 0 Å². The van der Waals surface area contributed by atoms with Crippen LogP contribution in [0.3, 0.4) is 0 Å². The first-order chi connectivity index (χ1) is 7.38. The van der Waals surface area contributed by atoms with Crippen molar-refractivity contribution in [3.05, 3.63) is 12.7 Å². The monoisotopic (exact) mass is 206 g/mol. The van der Waals surface area contributed by atoms with E-state index in [0.717, 1.165) is 19.0 Å². The summed E-state index contributed by atoms with van der Waals surface area (Å²) in [6.45, 7) is 5.88. The van der Waals surface area contributed by atoms with Gasteiger partial charge in [0.25, 0.3) is 0 Å². The zero-order valence-electron chi connectivity index (χ0n) is 9.62. The van der Waals surface area contributed by atoms with Crippen molar-refractivity contribution in [2.24, 2.45) is 0 Å². The van der Waals surface area contributed by atoms with Crippen molar-refractivity contribution in [3.63, 3.8) is 0 Å². The molecule has 1 aliphatic rings. The van der Waals surface area contributed by atoms with Gasteiger partial charge in [-0.2, -0.15) is 5.26 Å². The summed E-state index contributed by atoms with van der Waals surface area (Å²) in [5.41, 5.74) is 0. The van der Waals surface area contributed by atoms with Gasteiger partial charge in [-0.05, 0) is 38.6 Å². The molecule has 0 amide bonds. The molecule has 0 radical (unpaired) electrons. The fourth-order valence-electron chi connectivity index (χ4n) is 1.89. The highest BCUT2D eigenvalue weighted by Crippen LogP contribution is 2.27. The van der Waals surface area contributed by atoms with E-state index in [1.54, 1.807) is 0 Å². The lowest BCUT2D eigenvalue weighted by Crippen LogP contribution is -2.28. The number of hydrogen-bond acceptors (Lipinski definition) is 2. The molecule has 0 heterocycles. The summed E-state index contributed by atoms with van der Waals surface area (Å²) in [5.74, 6) is 0. The number of nitrogens with zero attached hydrogens (tertiary/aromatic N) is 2. The van der Waals surface area contributed by atoms with Crippen molar-refractivity contribution in [1.29, 1.82) is 5.26 Å². The Bertz CT molecular complexity index is 213. The summed E-state index contributed by atoms with van der Waals surface area (Å²) in [4.78, 5) is 2.50. The Kier molecular flexibility index (Phi) is 6.11. The molecule has 0 unspecified atom stereocenters. The molecule has 0 spiro atoms. The van der Waals surface area contributed by atoms with E-state index in [9.17, 15) is 0 Å². The minimum absolute atomic E-state index is 0.684. The predicted octanol–water partition coefficient (Wildman–Crippen LogP) is 3.11. The molecular weight excluding hydrogens is 184 g/mol. The molecule has 0 aromatic rings. The molecule has 2 nitrogen and oxygen atoms in total. The van der Waals surface area contributed by atoms with Crippen LogP contribution in [0.25, 0.3) is 0 Å². The first-order valence-electron chi connectivity index (χ1n) is 6.10. The zero-order chi connectivity index (χ0) is 10.9. The van der Waals surface area contributed by atoms with Crippen LogP contribution in [-0.4, -0.2) is 24.0 Å². The molecular formula is C13H22N2. The van der Waals surface area contributed by atoms with E-state index in [1.165, 1.54) is 38.6 Å². The maximum absolute atomic E-state index is 8.57.